The van der Waals surface area contributed by atoms with E-state index < -0.39 is 0 Å². The van der Waals surface area contributed by atoms with Gasteiger partial charge in [-0.25, -0.2) is 9.78 Å². The molecule has 0 spiro atoms. The van der Waals surface area contributed by atoms with Crippen LogP contribution in [-0.2, 0) is 6.61 Å². The standard InChI is InChI=1S/C19H24N4O2/c1-22-10-5-11-23(13-12-22)19(24)21-17-8-9-20-18(14-17)25-15-16-6-3-2-4-7-16/h2-4,6-9,14H,5,10-13,15H2,1H3,(H,20,21,24). The van der Waals surface area contributed by atoms with Crippen LogP contribution in [0.4, 0.5) is 10.5 Å². The number of nitrogens with one attached hydrogen (secondary N) is 1. The zero-order valence-corrected chi connectivity index (χ0v) is 14.5. The number of ether oxygens (including phenoxy) is 1. The molecule has 2 aromatic rings. The number of anilines is 1. The summed E-state index contributed by atoms with van der Waals surface area (Å²) in [5.74, 6) is 0.497. The van der Waals surface area contributed by atoms with Gasteiger partial charge in [0.15, 0.2) is 0 Å². The van der Waals surface area contributed by atoms with Gasteiger partial charge in [-0.05, 0) is 31.6 Å². The highest BCUT2D eigenvalue weighted by molar-refractivity contribution is 5.89. The number of carbonyl (C=O) groups excluding carboxylic acids is 1. The van der Waals surface area contributed by atoms with Crippen molar-refractivity contribution in [3.05, 3.63) is 54.2 Å². The lowest BCUT2D eigenvalue weighted by Crippen LogP contribution is -2.37. The molecule has 0 radical (unpaired) electrons. The maximum absolute atomic E-state index is 12.5. The maximum Gasteiger partial charge on any atom is 0.321 e. The normalized spacial score (nSPS) is 15.5. The Morgan fingerprint density at radius 2 is 2.00 bits per heavy atom. The number of benzene rings is 1. The van der Waals surface area contributed by atoms with Gasteiger partial charge in [0.1, 0.15) is 6.61 Å². The minimum atomic E-state index is -0.0736. The fourth-order valence-corrected chi connectivity index (χ4v) is 2.75. The first kappa shape index (κ1) is 17.2. The fraction of sp³-hybridized carbons (Fsp3) is 0.368. The molecule has 0 unspecified atom stereocenters. The number of likely N-dealkylation sites (N-methyl/N-ethyl adjacent to an activating group) is 1. The summed E-state index contributed by atoms with van der Waals surface area (Å²) in [6, 6.07) is 13.4. The fourth-order valence-electron chi connectivity index (χ4n) is 2.75. The van der Waals surface area contributed by atoms with Crippen molar-refractivity contribution in [3.8, 4) is 5.88 Å². The number of hydrogen-bond acceptors (Lipinski definition) is 4. The van der Waals surface area contributed by atoms with Crippen molar-refractivity contribution < 1.29 is 9.53 Å². The molecule has 0 atom stereocenters. The third kappa shape index (κ3) is 5.19. The van der Waals surface area contributed by atoms with Crippen molar-refractivity contribution in [3.63, 3.8) is 0 Å². The van der Waals surface area contributed by atoms with Gasteiger partial charge >= 0.3 is 6.03 Å². The highest BCUT2D eigenvalue weighted by Gasteiger charge is 2.17. The number of pyridine rings is 1. The van der Waals surface area contributed by atoms with Crippen LogP contribution in [0.25, 0.3) is 0 Å². The van der Waals surface area contributed by atoms with E-state index in [-0.39, 0.29) is 6.03 Å². The van der Waals surface area contributed by atoms with Gasteiger partial charge in [0.25, 0.3) is 0 Å². The van der Waals surface area contributed by atoms with E-state index >= 15 is 0 Å². The summed E-state index contributed by atoms with van der Waals surface area (Å²) in [5.41, 5.74) is 1.77. The molecule has 1 saturated heterocycles. The third-order valence-corrected chi connectivity index (χ3v) is 4.22. The number of carbonyl (C=O) groups is 1. The summed E-state index contributed by atoms with van der Waals surface area (Å²) in [7, 11) is 2.08. The number of rotatable bonds is 4. The van der Waals surface area contributed by atoms with Crippen molar-refractivity contribution in [2.24, 2.45) is 0 Å². The minimum absolute atomic E-state index is 0.0736. The van der Waals surface area contributed by atoms with Crippen LogP contribution in [-0.4, -0.2) is 54.0 Å². The molecule has 25 heavy (non-hydrogen) atoms. The van der Waals surface area contributed by atoms with Crippen molar-refractivity contribution in [1.29, 1.82) is 0 Å². The molecule has 1 aliphatic heterocycles. The maximum atomic E-state index is 12.5. The molecule has 6 heteroatoms. The molecule has 2 amide bonds. The first-order valence-electron chi connectivity index (χ1n) is 8.58. The number of hydrogen-bond donors (Lipinski definition) is 1. The molecule has 132 valence electrons. The predicted octanol–water partition coefficient (Wildman–Crippen LogP) is 2.83. The summed E-state index contributed by atoms with van der Waals surface area (Å²) in [6.45, 7) is 3.89. The van der Waals surface area contributed by atoms with Crippen LogP contribution >= 0.6 is 0 Å². The second kappa shape index (κ2) is 8.48. The first-order chi connectivity index (χ1) is 12.2. The summed E-state index contributed by atoms with van der Waals surface area (Å²) in [6.07, 6.45) is 2.64. The summed E-state index contributed by atoms with van der Waals surface area (Å²) >= 11 is 0. The topological polar surface area (TPSA) is 57.7 Å². The molecule has 0 aliphatic carbocycles. The highest BCUT2D eigenvalue weighted by Crippen LogP contribution is 2.16. The van der Waals surface area contributed by atoms with Crippen LogP contribution in [0.2, 0.25) is 0 Å². The van der Waals surface area contributed by atoms with Gasteiger partial charge in [0, 0.05) is 37.6 Å². The zero-order chi connectivity index (χ0) is 17.5. The molecule has 1 aromatic heterocycles. The van der Waals surface area contributed by atoms with E-state index in [1.807, 2.05) is 35.2 Å². The van der Waals surface area contributed by atoms with Crippen molar-refractivity contribution in [1.82, 2.24) is 14.8 Å². The van der Waals surface area contributed by atoms with Gasteiger partial charge in [0.05, 0.1) is 0 Å². The molecule has 1 fully saturated rings. The Labute approximate surface area is 148 Å². The molecule has 6 nitrogen and oxygen atoms in total. The van der Waals surface area contributed by atoms with Crippen LogP contribution in [0.5, 0.6) is 5.88 Å². The SMILES string of the molecule is CN1CCCN(C(=O)Nc2ccnc(OCc3ccccc3)c2)CC1. The highest BCUT2D eigenvalue weighted by atomic mass is 16.5. The van der Waals surface area contributed by atoms with E-state index in [1.54, 1.807) is 18.3 Å². The number of nitrogens with zero attached hydrogens (tertiary/aromatic N) is 3. The Bertz CT molecular complexity index is 693. The zero-order valence-electron chi connectivity index (χ0n) is 14.5. The minimum Gasteiger partial charge on any atom is -0.473 e. The Morgan fingerprint density at radius 3 is 2.84 bits per heavy atom. The van der Waals surface area contributed by atoms with Crippen molar-refractivity contribution in [2.45, 2.75) is 13.0 Å². The van der Waals surface area contributed by atoms with Gasteiger partial charge < -0.3 is 19.9 Å². The van der Waals surface area contributed by atoms with Gasteiger partial charge in [-0.3, -0.25) is 0 Å². The van der Waals surface area contributed by atoms with Crippen LogP contribution in [0, 0.1) is 0 Å². The second-order valence-corrected chi connectivity index (χ2v) is 6.23. The summed E-state index contributed by atoms with van der Waals surface area (Å²) < 4.78 is 5.71. The lowest BCUT2D eigenvalue weighted by atomic mass is 10.2. The largest absolute Gasteiger partial charge is 0.473 e. The molecular formula is C19H24N4O2. The summed E-state index contributed by atoms with van der Waals surface area (Å²) in [5, 5.41) is 2.94. The lowest BCUT2D eigenvalue weighted by Gasteiger charge is -2.21. The molecule has 3 rings (SSSR count). The molecular weight excluding hydrogens is 316 g/mol. The van der Waals surface area contributed by atoms with E-state index in [0.717, 1.165) is 38.2 Å². The average molecular weight is 340 g/mol. The van der Waals surface area contributed by atoms with Gasteiger partial charge in [0.2, 0.25) is 5.88 Å². The van der Waals surface area contributed by atoms with E-state index in [9.17, 15) is 4.79 Å². The molecule has 0 saturated carbocycles. The van der Waals surface area contributed by atoms with E-state index in [1.165, 1.54) is 0 Å². The Hall–Kier alpha value is -2.60. The lowest BCUT2D eigenvalue weighted by molar-refractivity contribution is 0.213. The Kier molecular flexibility index (Phi) is 5.85. The van der Waals surface area contributed by atoms with Gasteiger partial charge in [-0.2, -0.15) is 0 Å². The molecule has 2 heterocycles. The van der Waals surface area contributed by atoms with Crippen LogP contribution in [0.1, 0.15) is 12.0 Å². The number of amides is 2. The van der Waals surface area contributed by atoms with Gasteiger partial charge in [-0.1, -0.05) is 30.3 Å². The number of urea groups is 1. The van der Waals surface area contributed by atoms with Crippen molar-refractivity contribution >= 4 is 11.7 Å². The monoisotopic (exact) mass is 340 g/mol. The third-order valence-electron chi connectivity index (χ3n) is 4.22. The molecule has 1 aliphatic rings. The van der Waals surface area contributed by atoms with E-state index in [0.29, 0.717) is 18.2 Å². The van der Waals surface area contributed by atoms with Gasteiger partial charge in [-0.15, -0.1) is 0 Å². The second-order valence-electron chi connectivity index (χ2n) is 6.23. The smallest absolute Gasteiger partial charge is 0.321 e. The van der Waals surface area contributed by atoms with Crippen molar-refractivity contribution in [2.75, 3.05) is 38.5 Å². The van der Waals surface area contributed by atoms with E-state index in [2.05, 4.69) is 22.2 Å². The van der Waals surface area contributed by atoms with Crippen LogP contribution in [0.15, 0.2) is 48.7 Å². The van der Waals surface area contributed by atoms with E-state index in [4.69, 9.17) is 4.74 Å². The molecule has 1 aromatic carbocycles. The quantitative estimate of drug-likeness (QED) is 0.930. The average Bonchev–Trinajstić information content (AvgIpc) is 2.86. The predicted molar refractivity (Wildman–Crippen MR) is 97.7 cm³/mol. The summed E-state index contributed by atoms with van der Waals surface area (Å²) in [4.78, 5) is 20.8. The molecule has 0 bridgehead atoms. The Balaban J connectivity index is 1.56. The number of aromatic nitrogens is 1. The first-order valence-corrected chi connectivity index (χ1v) is 8.58. The Morgan fingerprint density at radius 1 is 1.16 bits per heavy atom. The molecule has 1 N–H and O–H groups in total. The van der Waals surface area contributed by atoms with Crippen LogP contribution < -0.4 is 10.1 Å². The van der Waals surface area contributed by atoms with Crippen LogP contribution in [0.3, 0.4) is 0 Å².